The van der Waals surface area contributed by atoms with Crippen molar-refractivity contribution >= 4 is 17.8 Å². The average molecular weight is 276 g/mol. The first kappa shape index (κ1) is 15.5. The van der Waals surface area contributed by atoms with Gasteiger partial charge in [-0.15, -0.1) is 0 Å². The fourth-order valence-corrected chi connectivity index (χ4v) is 1.56. The molecule has 1 rings (SSSR count). The first-order chi connectivity index (χ1) is 9.40. The van der Waals surface area contributed by atoms with Gasteiger partial charge in [0.2, 0.25) is 11.8 Å². The number of carbonyl (C=O) groups excluding carboxylic acids is 2. The van der Waals surface area contributed by atoms with Crippen LogP contribution in [0.3, 0.4) is 0 Å². The van der Waals surface area contributed by atoms with E-state index in [1.165, 1.54) is 13.8 Å². The summed E-state index contributed by atoms with van der Waals surface area (Å²) in [7, 11) is 0. The van der Waals surface area contributed by atoms with E-state index in [2.05, 4.69) is 22.8 Å². The summed E-state index contributed by atoms with van der Waals surface area (Å²) in [4.78, 5) is 33.9. The second-order valence-corrected chi connectivity index (χ2v) is 4.35. The van der Waals surface area contributed by atoms with Gasteiger partial charge in [-0.2, -0.15) is 0 Å². The minimum atomic E-state index is -1.14. The Kier molecular flexibility index (Phi) is 5.54. The Hall–Kier alpha value is -2.55. The fraction of sp³-hybridized carbons (Fsp3) is 0.357. The van der Waals surface area contributed by atoms with Crippen LogP contribution in [-0.4, -0.2) is 35.0 Å². The summed E-state index contributed by atoms with van der Waals surface area (Å²) < 4.78 is 0. The third-order valence-corrected chi connectivity index (χ3v) is 2.56. The number of nitrogens with one attached hydrogen (secondary N) is 2. The van der Waals surface area contributed by atoms with Crippen LogP contribution in [0.2, 0.25) is 0 Å². The molecule has 2 atom stereocenters. The van der Waals surface area contributed by atoms with E-state index in [0.29, 0.717) is 5.56 Å². The molecule has 0 saturated carbocycles. The summed E-state index contributed by atoms with van der Waals surface area (Å²) in [6.07, 6.45) is 0.217. The van der Waals surface area contributed by atoms with Crippen LogP contribution in [0.4, 0.5) is 0 Å². The van der Waals surface area contributed by atoms with E-state index in [-0.39, 0.29) is 12.3 Å². The van der Waals surface area contributed by atoms with Gasteiger partial charge >= 0.3 is 5.97 Å². The molecule has 20 heavy (non-hydrogen) atoms. The van der Waals surface area contributed by atoms with Gasteiger partial charge in [-0.1, -0.05) is 18.2 Å². The maximum atomic E-state index is 12.0. The average Bonchev–Trinajstić information content (AvgIpc) is 2.38. The number of hydrogen-bond donors (Lipinski definition) is 3. The van der Waals surface area contributed by atoms with Gasteiger partial charge in [0, 0.05) is 18.9 Å². The van der Waals surface area contributed by atoms with Gasteiger partial charge in [-0.05, 0) is 19.1 Å². The maximum absolute atomic E-state index is 12.0. The van der Waals surface area contributed by atoms with E-state index in [0.717, 1.165) is 0 Å². The molecule has 0 bridgehead atoms. The van der Waals surface area contributed by atoms with Crippen LogP contribution in [0.25, 0.3) is 0 Å². The van der Waals surface area contributed by atoms with Crippen molar-refractivity contribution in [1.29, 1.82) is 0 Å². The highest BCUT2D eigenvalue weighted by Gasteiger charge is 2.23. The molecule has 0 radical (unpaired) electrons. The monoisotopic (exact) mass is 276 g/mol. The van der Waals surface area contributed by atoms with Gasteiger partial charge in [0.1, 0.15) is 12.1 Å². The molecule has 6 nitrogen and oxygen atoms in total. The largest absolute Gasteiger partial charge is 0.480 e. The normalized spacial score (nSPS) is 12.7. The Morgan fingerprint density at radius 1 is 1.35 bits per heavy atom. The van der Waals surface area contributed by atoms with Crippen LogP contribution < -0.4 is 10.6 Å². The molecule has 0 spiro atoms. The van der Waals surface area contributed by atoms with Gasteiger partial charge in [0.15, 0.2) is 0 Å². The quantitative estimate of drug-likeness (QED) is 0.677. The number of rotatable bonds is 6. The SMILES string of the molecule is CC(=O)N[C@@H](Cc1c#cccc1)C(=O)N[C@@H](C)C(=O)O. The van der Waals surface area contributed by atoms with Crippen molar-refractivity contribution in [3.8, 4) is 0 Å². The minimum Gasteiger partial charge on any atom is -0.480 e. The molecule has 0 heterocycles. The molecule has 1 aromatic rings. The molecule has 0 aliphatic heterocycles. The summed E-state index contributed by atoms with van der Waals surface area (Å²) in [5.74, 6) is -2.06. The smallest absolute Gasteiger partial charge is 0.325 e. The topological polar surface area (TPSA) is 95.5 Å². The number of carboxylic acids is 1. The van der Waals surface area contributed by atoms with Gasteiger partial charge in [0.25, 0.3) is 0 Å². The Balaban J connectivity index is 2.75. The Bertz CT molecular complexity index is 487. The fourth-order valence-electron chi connectivity index (χ4n) is 1.56. The van der Waals surface area contributed by atoms with E-state index in [1.54, 1.807) is 18.2 Å². The molecular formula is C14H16N2O4. The molecule has 6 heteroatoms. The van der Waals surface area contributed by atoms with Crippen molar-refractivity contribution < 1.29 is 19.5 Å². The highest BCUT2D eigenvalue weighted by Crippen LogP contribution is 2.01. The van der Waals surface area contributed by atoms with Crippen LogP contribution >= 0.6 is 0 Å². The van der Waals surface area contributed by atoms with Gasteiger partial charge < -0.3 is 15.7 Å². The van der Waals surface area contributed by atoms with E-state index < -0.39 is 24.0 Å². The van der Waals surface area contributed by atoms with Crippen molar-refractivity contribution in [2.24, 2.45) is 0 Å². The van der Waals surface area contributed by atoms with Crippen LogP contribution in [0, 0.1) is 12.1 Å². The standard InChI is InChI=1S/C14H16N2O4/c1-9(14(19)20)15-13(18)12(16-10(2)17)8-11-6-4-3-5-7-11/h3-4,6,9,12H,8H2,1-2H3,(H,15,18)(H,16,17)(H,19,20)/t9-,12-/m0/s1. The van der Waals surface area contributed by atoms with Crippen LogP contribution in [0.5, 0.6) is 0 Å². The molecule has 0 aliphatic rings. The van der Waals surface area contributed by atoms with E-state index in [4.69, 9.17) is 5.11 Å². The highest BCUT2D eigenvalue weighted by atomic mass is 16.4. The van der Waals surface area contributed by atoms with E-state index in [1.807, 2.05) is 0 Å². The Morgan fingerprint density at radius 2 is 2.05 bits per heavy atom. The minimum absolute atomic E-state index is 0.217. The lowest BCUT2D eigenvalue weighted by Gasteiger charge is -2.18. The summed E-state index contributed by atoms with van der Waals surface area (Å²) in [6.45, 7) is 2.65. The van der Waals surface area contributed by atoms with Crippen LogP contribution in [0.1, 0.15) is 19.4 Å². The number of carboxylic acid groups (broad SMARTS) is 1. The molecule has 1 aromatic carbocycles. The molecule has 3 N–H and O–H groups in total. The van der Waals surface area contributed by atoms with Crippen molar-refractivity contribution in [3.05, 3.63) is 35.9 Å². The molecule has 0 unspecified atom stereocenters. The zero-order chi connectivity index (χ0) is 15.1. The first-order valence-corrected chi connectivity index (χ1v) is 6.07. The predicted molar refractivity (Wildman–Crippen MR) is 70.7 cm³/mol. The highest BCUT2D eigenvalue weighted by molar-refractivity contribution is 5.89. The van der Waals surface area contributed by atoms with Crippen molar-refractivity contribution in [1.82, 2.24) is 10.6 Å². The second-order valence-electron chi connectivity index (χ2n) is 4.35. The third-order valence-electron chi connectivity index (χ3n) is 2.56. The van der Waals surface area contributed by atoms with Gasteiger partial charge in [0.05, 0.1) is 0 Å². The molecule has 0 fully saturated rings. The molecule has 0 aliphatic carbocycles. The molecule has 0 saturated heterocycles. The lowest BCUT2D eigenvalue weighted by atomic mass is 10.1. The van der Waals surface area contributed by atoms with Crippen molar-refractivity contribution in [2.45, 2.75) is 32.4 Å². The van der Waals surface area contributed by atoms with Crippen LogP contribution in [-0.2, 0) is 20.8 Å². The molecule has 2 amide bonds. The summed E-state index contributed by atoms with van der Waals surface area (Å²) >= 11 is 0. The first-order valence-electron chi connectivity index (χ1n) is 6.07. The summed E-state index contributed by atoms with van der Waals surface area (Å²) in [6, 6.07) is 8.88. The summed E-state index contributed by atoms with van der Waals surface area (Å²) in [5.41, 5.74) is 0.698. The number of amides is 2. The van der Waals surface area contributed by atoms with E-state index in [9.17, 15) is 14.4 Å². The molecule has 106 valence electrons. The zero-order valence-electron chi connectivity index (χ0n) is 11.3. The van der Waals surface area contributed by atoms with Crippen molar-refractivity contribution in [3.63, 3.8) is 0 Å². The Morgan fingerprint density at radius 3 is 2.55 bits per heavy atom. The number of hydrogen-bond acceptors (Lipinski definition) is 3. The molecule has 0 aromatic heterocycles. The third kappa shape index (κ3) is 4.98. The van der Waals surface area contributed by atoms with E-state index >= 15 is 0 Å². The molecular weight excluding hydrogens is 260 g/mol. The van der Waals surface area contributed by atoms with Crippen LogP contribution in [0.15, 0.2) is 18.2 Å². The Labute approximate surface area is 117 Å². The second kappa shape index (κ2) is 7.14. The number of carbonyl (C=O) groups is 3. The lowest BCUT2D eigenvalue weighted by Crippen LogP contribution is -2.51. The predicted octanol–water partition coefficient (Wildman–Crippen LogP) is -0.0765. The number of aliphatic carboxylic acids is 1. The van der Waals surface area contributed by atoms with Gasteiger partial charge in [-0.3, -0.25) is 14.4 Å². The van der Waals surface area contributed by atoms with Gasteiger partial charge in [-0.25, -0.2) is 0 Å². The lowest BCUT2D eigenvalue weighted by molar-refractivity contribution is -0.141. The van der Waals surface area contributed by atoms with Crippen molar-refractivity contribution in [2.75, 3.05) is 0 Å². The summed E-state index contributed by atoms with van der Waals surface area (Å²) in [5, 5.41) is 13.6. The zero-order valence-corrected chi connectivity index (χ0v) is 11.3. The maximum Gasteiger partial charge on any atom is 0.325 e.